The summed E-state index contributed by atoms with van der Waals surface area (Å²) in [5, 5.41) is 10.7. The summed E-state index contributed by atoms with van der Waals surface area (Å²) < 4.78 is 1.68. The normalized spacial score (nSPS) is 11.5. The monoisotopic (exact) mass is 289 g/mol. The summed E-state index contributed by atoms with van der Waals surface area (Å²) in [6.07, 6.45) is 1.68. The molecule has 0 amide bonds. The van der Waals surface area contributed by atoms with Crippen LogP contribution >= 0.6 is 0 Å². The van der Waals surface area contributed by atoms with Crippen molar-refractivity contribution in [3.63, 3.8) is 0 Å². The second-order valence-electron chi connectivity index (χ2n) is 5.93. The average Bonchev–Trinajstić information content (AvgIpc) is 2.81. The summed E-state index contributed by atoms with van der Waals surface area (Å²) in [6.45, 7) is 9.70. The van der Waals surface area contributed by atoms with Gasteiger partial charge >= 0.3 is 0 Å². The summed E-state index contributed by atoms with van der Waals surface area (Å²) in [5.74, 6) is 3.14. The number of nitrogens with zero attached hydrogens (tertiary/aromatic N) is 5. The van der Waals surface area contributed by atoms with Crippen LogP contribution < -0.4 is 10.6 Å². The van der Waals surface area contributed by atoms with Gasteiger partial charge in [0.2, 0.25) is 0 Å². The second kappa shape index (κ2) is 6.07. The third-order valence-electron chi connectivity index (χ3n) is 2.83. The number of aromatic nitrogens is 5. The molecule has 2 rings (SSSR count). The third-order valence-corrected chi connectivity index (χ3v) is 2.83. The van der Waals surface area contributed by atoms with Crippen molar-refractivity contribution >= 4 is 11.6 Å². The van der Waals surface area contributed by atoms with Gasteiger partial charge in [0.1, 0.15) is 23.8 Å². The van der Waals surface area contributed by atoms with E-state index in [0.29, 0.717) is 6.54 Å². The molecule has 0 saturated carbocycles. The van der Waals surface area contributed by atoms with Gasteiger partial charge in [-0.1, -0.05) is 20.8 Å². The predicted molar refractivity (Wildman–Crippen MR) is 83.2 cm³/mol. The van der Waals surface area contributed by atoms with Crippen LogP contribution in [0.2, 0.25) is 0 Å². The molecule has 0 aliphatic rings. The number of hydrogen-bond acceptors (Lipinski definition) is 6. The minimum atomic E-state index is -0.106. The Hall–Kier alpha value is -2.18. The molecule has 0 spiro atoms. The van der Waals surface area contributed by atoms with Gasteiger partial charge in [-0.3, -0.25) is 4.68 Å². The maximum absolute atomic E-state index is 4.58. The Kier molecular flexibility index (Phi) is 4.40. The van der Waals surface area contributed by atoms with E-state index in [2.05, 4.69) is 51.5 Å². The number of rotatable bonds is 5. The Morgan fingerprint density at radius 3 is 2.33 bits per heavy atom. The highest BCUT2D eigenvalue weighted by atomic mass is 15.3. The van der Waals surface area contributed by atoms with Gasteiger partial charge in [-0.2, -0.15) is 5.10 Å². The molecule has 21 heavy (non-hydrogen) atoms. The highest BCUT2D eigenvalue weighted by molar-refractivity contribution is 5.48. The minimum Gasteiger partial charge on any atom is -0.370 e. The molecular weight excluding hydrogens is 266 g/mol. The molecule has 2 aromatic heterocycles. The standard InChI is InChI=1S/C14H23N7/c1-6-15-10-7-11(19-13(18-10)14(2,3)4)16-8-12-17-9-21(5)20-12/h7,9H,6,8H2,1-5H3,(H2,15,16,18,19). The first-order chi connectivity index (χ1) is 9.88. The van der Waals surface area contributed by atoms with Gasteiger partial charge in [0.15, 0.2) is 5.82 Å². The van der Waals surface area contributed by atoms with Crippen molar-refractivity contribution in [2.75, 3.05) is 17.2 Å². The van der Waals surface area contributed by atoms with E-state index in [9.17, 15) is 0 Å². The first-order valence-corrected chi connectivity index (χ1v) is 7.10. The predicted octanol–water partition coefficient (Wildman–Crippen LogP) is 1.95. The minimum absolute atomic E-state index is 0.106. The topological polar surface area (TPSA) is 80.5 Å². The second-order valence-corrected chi connectivity index (χ2v) is 5.93. The highest BCUT2D eigenvalue weighted by Gasteiger charge is 2.19. The summed E-state index contributed by atoms with van der Waals surface area (Å²) in [4.78, 5) is 13.3. The zero-order chi connectivity index (χ0) is 15.5. The lowest BCUT2D eigenvalue weighted by Gasteiger charge is -2.19. The number of anilines is 2. The fourth-order valence-corrected chi connectivity index (χ4v) is 1.78. The first-order valence-electron chi connectivity index (χ1n) is 7.10. The molecular formula is C14H23N7. The molecule has 7 heteroatoms. The molecule has 2 heterocycles. The van der Waals surface area contributed by atoms with Gasteiger partial charge in [-0.05, 0) is 6.92 Å². The van der Waals surface area contributed by atoms with Crippen molar-refractivity contribution < 1.29 is 0 Å². The fourth-order valence-electron chi connectivity index (χ4n) is 1.78. The van der Waals surface area contributed by atoms with E-state index in [1.807, 2.05) is 20.0 Å². The summed E-state index contributed by atoms with van der Waals surface area (Å²) in [7, 11) is 1.85. The Balaban J connectivity index is 2.19. The summed E-state index contributed by atoms with van der Waals surface area (Å²) in [5.41, 5.74) is -0.106. The number of aryl methyl sites for hydroxylation is 1. The average molecular weight is 289 g/mol. The molecule has 0 radical (unpaired) electrons. The van der Waals surface area contributed by atoms with Crippen molar-refractivity contribution in [2.45, 2.75) is 39.7 Å². The number of hydrogen-bond donors (Lipinski definition) is 2. The lowest BCUT2D eigenvalue weighted by molar-refractivity contribution is 0.546. The SMILES string of the molecule is CCNc1cc(NCc2ncn(C)n2)nc(C(C)(C)C)n1. The fraction of sp³-hybridized carbons (Fsp3) is 0.571. The highest BCUT2D eigenvalue weighted by Crippen LogP contribution is 2.22. The molecule has 0 saturated heterocycles. The molecule has 0 aliphatic carbocycles. The zero-order valence-electron chi connectivity index (χ0n) is 13.3. The van der Waals surface area contributed by atoms with Crippen LogP contribution in [-0.2, 0) is 19.0 Å². The lowest BCUT2D eigenvalue weighted by Crippen LogP contribution is -2.18. The van der Waals surface area contributed by atoms with Gasteiger partial charge in [0.05, 0.1) is 6.54 Å². The van der Waals surface area contributed by atoms with E-state index in [-0.39, 0.29) is 5.41 Å². The van der Waals surface area contributed by atoms with E-state index >= 15 is 0 Å². The van der Waals surface area contributed by atoms with Crippen LogP contribution in [0, 0.1) is 0 Å². The number of nitrogens with one attached hydrogen (secondary N) is 2. The van der Waals surface area contributed by atoms with Crippen LogP contribution in [0.15, 0.2) is 12.4 Å². The van der Waals surface area contributed by atoms with Crippen LogP contribution in [-0.4, -0.2) is 31.3 Å². The molecule has 2 aromatic rings. The van der Waals surface area contributed by atoms with Gasteiger partial charge < -0.3 is 10.6 Å². The Bertz CT molecular complexity index is 598. The van der Waals surface area contributed by atoms with Crippen molar-refractivity contribution in [1.82, 2.24) is 24.7 Å². The quantitative estimate of drug-likeness (QED) is 0.875. The first kappa shape index (κ1) is 15.2. The van der Waals surface area contributed by atoms with Crippen LogP contribution in [0.5, 0.6) is 0 Å². The lowest BCUT2D eigenvalue weighted by atomic mass is 9.96. The van der Waals surface area contributed by atoms with E-state index in [1.54, 1.807) is 11.0 Å². The molecule has 0 unspecified atom stereocenters. The zero-order valence-corrected chi connectivity index (χ0v) is 13.3. The van der Waals surface area contributed by atoms with Crippen molar-refractivity contribution in [1.29, 1.82) is 0 Å². The largest absolute Gasteiger partial charge is 0.370 e. The van der Waals surface area contributed by atoms with Gasteiger partial charge in [0, 0.05) is 25.1 Å². The van der Waals surface area contributed by atoms with E-state index in [1.165, 1.54) is 0 Å². The Labute approximate surface area is 125 Å². The van der Waals surface area contributed by atoms with Gasteiger partial charge in [-0.25, -0.2) is 15.0 Å². The Morgan fingerprint density at radius 1 is 1.14 bits per heavy atom. The van der Waals surface area contributed by atoms with Crippen molar-refractivity contribution in [2.24, 2.45) is 7.05 Å². The summed E-state index contributed by atoms with van der Waals surface area (Å²) >= 11 is 0. The van der Waals surface area contributed by atoms with Crippen LogP contribution in [0.1, 0.15) is 39.3 Å². The molecule has 0 aromatic carbocycles. The molecule has 0 fully saturated rings. The van der Waals surface area contributed by atoms with Crippen LogP contribution in [0.3, 0.4) is 0 Å². The molecule has 2 N–H and O–H groups in total. The smallest absolute Gasteiger partial charge is 0.169 e. The Morgan fingerprint density at radius 2 is 1.81 bits per heavy atom. The maximum atomic E-state index is 4.58. The van der Waals surface area contributed by atoms with Crippen molar-refractivity contribution in [3.8, 4) is 0 Å². The molecule has 0 atom stereocenters. The van der Waals surface area contributed by atoms with E-state index in [0.717, 1.165) is 29.8 Å². The molecule has 0 bridgehead atoms. The molecule has 114 valence electrons. The van der Waals surface area contributed by atoms with Crippen LogP contribution in [0.4, 0.5) is 11.6 Å². The van der Waals surface area contributed by atoms with E-state index < -0.39 is 0 Å². The maximum Gasteiger partial charge on any atom is 0.169 e. The van der Waals surface area contributed by atoms with Crippen LogP contribution in [0.25, 0.3) is 0 Å². The van der Waals surface area contributed by atoms with E-state index in [4.69, 9.17) is 0 Å². The molecule has 0 aliphatic heterocycles. The van der Waals surface area contributed by atoms with Gasteiger partial charge in [-0.15, -0.1) is 0 Å². The van der Waals surface area contributed by atoms with Gasteiger partial charge in [0.25, 0.3) is 0 Å². The summed E-state index contributed by atoms with van der Waals surface area (Å²) in [6, 6.07) is 1.90. The van der Waals surface area contributed by atoms with Crippen molar-refractivity contribution in [3.05, 3.63) is 24.0 Å². The third kappa shape index (κ3) is 4.14. The molecule has 7 nitrogen and oxygen atoms in total.